The summed E-state index contributed by atoms with van der Waals surface area (Å²) in [5.41, 5.74) is 7.69. The smallest absolute Gasteiger partial charge is 0.0499 e. The SMILES string of the molecule is CCC(CC)N(CC(C)C)C(c1ccccc1)C(C)N. The molecule has 2 unspecified atom stereocenters. The molecule has 1 rings (SSSR count). The van der Waals surface area contributed by atoms with Gasteiger partial charge in [0.05, 0.1) is 0 Å². The summed E-state index contributed by atoms with van der Waals surface area (Å²) in [6.07, 6.45) is 2.36. The molecule has 1 aromatic carbocycles. The van der Waals surface area contributed by atoms with Gasteiger partial charge in [-0.3, -0.25) is 4.90 Å². The highest BCUT2D eigenvalue weighted by Crippen LogP contribution is 2.28. The van der Waals surface area contributed by atoms with E-state index >= 15 is 0 Å². The third-order valence-corrected chi connectivity index (χ3v) is 3.98. The second-order valence-corrected chi connectivity index (χ2v) is 6.28. The van der Waals surface area contributed by atoms with E-state index in [9.17, 15) is 0 Å². The lowest BCUT2D eigenvalue weighted by atomic mass is 9.94. The van der Waals surface area contributed by atoms with Gasteiger partial charge in [0.25, 0.3) is 0 Å². The van der Waals surface area contributed by atoms with Crippen molar-refractivity contribution in [1.29, 1.82) is 0 Å². The van der Waals surface area contributed by atoms with Gasteiger partial charge >= 0.3 is 0 Å². The van der Waals surface area contributed by atoms with Crippen LogP contribution in [0.4, 0.5) is 0 Å². The molecule has 1 aromatic rings. The first-order chi connectivity index (χ1) is 9.51. The predicted octanol–water partition coefficient (Wildman–Crippen LogP) is 4.22. The average Bonchev–Trinajstić information content (AvgIpc) is 2.40. The molecule has 0 amide bonds. The minimum Gasteiger partial charge on any atom is -0.326 e. The lowest BCUT2D eigenvalue weighted by Gasteiger charge is -2.41. The van der Waals surface area contributed by atoms with Crippen LogP contribution in [0.1, 0.15) is 59.1 Å². The molecule has 0 aliphatic heterocycles. The largest absolute Gasteiger partial charge is 0.326 e. The first kappa shape index (κ1) is 17.2. The molecule has 0 saturated heterocycles. The number of rotatable bonds is 8. The molecule has 0 aliphatic rings. The maximum absolute atomic E-state index is 6.35. The lowest BCUT2D eigenvalue weighted by molar-refractivity contribution is 0.0955. The fourth-order valence-electron chi connectivity index (χ4n) is 3.12. The lowest BCUT2D eigenvalue weighted by Crippen LogP contribution is -2.46. The van der Waals surface area contributed by atoms with Crippen LogP contribution in [0, 0.1) is 5.92 Å². The zero-order chi connectivity index (χ0) is 15.1. The molecule has 2 atom stereocenters. The maximum atomic E-state index is 6.35. The zero-order valence-corrected chi connectivity index (χ0v) is 13.8. The quantitative estimate of drug-likeness (QED) is 0.770. The molecule has 0 fully saturated rings. The summed E-state index contributed by atoms with van der Waals surface area (Å²) in [7, 11) is 0. The van der Waals surface area contributed by atoms with Crippen molar-refractivity contribution < 1.29 is 0 Å². The Labute approximate surface area is 125 Å². The van der Waals surface area contributed by atoms with Crippen molar-refractivity contribution in [3.8, 4) is 0 Å². The van der Waals surface area contributed by atoms with Gasteiger partial charge in [0.15, 0.2) is 0 Å². The Kier molecular flexibility index (Phi) is 7.25. The summed E-state index contributed by atoms with van der Waals surface area (Å²) < 4.78 is 0. The predicted molar refractivity (Wildman–Crippen MR) is 88.7 cm³/mol. The Morgan fingerprint density at radius 3 is 1.95 bits per heavy atom. The number of hydrogen-bond acceptors (Lipinski definition) is 2. The minimum absolute atomic E-state index is 0.136. The third-order valence-electron chi connectivity index (χ3n) is 3.98. The Hall–Kier alpha value is -0.860. The number of benzene rings is 1. The fourth-order valence-corrected chi connectivity index (χ4v) is 3.12. The molecule has 2 heteroatoms. The van der Waals surface area contributed by atoms with Crippen LogP contribution >= 0.6 is 0 Å². The van der Waals surface area contributed by atoms with Gasteiger partial charge < -0.3 is 5.73 Å². The van der Waals surface area contributed by atoms with Crippen LogP contribution in [0.3, 0.4) is 0 Å². The van der Waals surface area contributed by atoms with Gasteiger partial charge in [0.2, 0.25) is 0 Å². The topological polar surface area (TPSA) is 29.3 Å². The van der Waals surface area contributed by atoms with E-state index in [0.717, 1.165) is 6.54 Å². The van der Waals surface area contributed by atoms with E-state index in [1.54, 1.807) is 0 Å². The van der Waals surface area contributed by atoms with Gasteiger partial charge in [0.1, 0.15) is 0 Å². The summed E-state index contributed by atoms with van der Waals surface area (Å²) in [6, 6.07) is 11.8. The summed E-state index contributed by atoms with van der Waals surface area (Å²) in [4.78, 5) is 2.63. The van der Waals surface area contributed by atoms with Gasteiger partial charge in [-0.2, -0.15) is 0 Å². The van der Waals surface area contributed by atoms with Gasteiger partial charge in [-0.25, -0.2) is 0 Å². The van der Waals surface area contributed by atoms with Crippen molar-refractivity contribution in [1.82, 2.24) is 4.90 Å². The summed E-state index contributed by atoms with van der Waals surface area (Å²) in [5.74, 6) is 0.653. The molecule has 0 bridgehead atoms. The first-order valence-electron chi connectivity index (χ1n) is 8.07. The molecule has 0 aromatic heterocycles. The molecule has 0 spiro atoms. The van der Waals surface area contributed by atoms with Crippen LogP contribution in [0.25, 0.3) is 0 Å². The van der Waals surface area contributed by atoms with Gasteiger partial charge in [0, 0.05) is 24.7 Å². The molecule has 0 radical (unpaired) electrons. The average molecular weight is 276 g/mol. The third kappa shape index (κ3) is 4.60. The molecule has 114 valence electrons. The van der Waals surface area contributed by atoms with Crippen LogP contribution in [-0.2, 0) is 0 Å². The highest BCUT2D eigenvalue weighted by Gasteiger charge is 2.28. The molecular weight excluding hydrogens is 244 g/mol. The second kappa shape index (κ2) is 8.43. The van der Waals surface area contributed by atoms with E-state index in [1.807, 2.05) is 0 Å². The zero-order valence-electron chi connectivity index (χ0n) is 13.8. The van der Waals surface area contributed by atoms with Crippen LogP contribution in [0.15, 0.2) is 30.3 Å². The van der Waals surface area contributed by atoms with Crippen LogP contribution in [-0.4, -0.2) is 23.5 Å². The molecule has 0 heterocycles. The molecule has 20 heavy (non-hydrogen) atoms. The second-order valence-electron chi connectivity index (χ2n) is 6.28. The first-order valence-corrected chi connectivity index (χ1v) is 8.07. The minimum atomic E-state index is 0.136. The highest BCUT2D eigenvalue weighted by atomic mass is 15.2. The van der Waals surface area contributed by atoms with Crippen molar-refractivity contribution in [3.63, 3.8) is 0 Å². The van der Waals surface area contributed by atoms with Gasteiger partial charge in [-0.15, -0.1) is 0 Å². The van der Waals surface area contributed by atoms with E-state index in [1.165, 1.54) is 18.4 Å². The standard InChI is InChI=1S/C18H32N2/c1-6-17(7-2)20(13-14(3)4)18(15(5)19)16-11-9-8-10-12-16/h8-12,14-15,17-18H,6-7,13,19H2,1-5H3. The normalized spacial score (nSPS) is 15.1. The summed E-state index contributed by atoms with van der Waals surface area (Å²) in [6.45, 7) is 12.4. The Bertz CT molecular complexity index is 355. The van der Waals surface area contributed by atoms with Crippen molar-refractivity contribution in [2.24, 2.45) is 11.7 Å². The van der Waals surface area contributed by atoms with Crippen molar-refractivity contribution in [3.05, 3.63) is 35.9 Å². The van der Waals surface area contributed by atoms with Crippen LogP contribution < -0.4 is 5.73 Å². The monoisotopic (exact) mass is 276 g/mol. The number of nitrogens with two attached hydrogens (primary N) is 1. The van der Waals surface area contributed by atoms with Crippen LogP contribution in [0.5, 0.6) is 0 Å². The van der Waals surface area contributed by atoms with Gasteiger partial charge in [-0.05, 0) is 31.2 Å². The fraction of sp³-hybridized carbons (Fsp3) is 0.667. The van der Waals surface area contributed by atoms with Gasteiger partial charge in [-0.1, -0.05) is 58.0 Å². The van der Waals surface area contributed by atoms with E-state index in [-0.39, 0.29) is 6.04 Å². The molecule has 0 saturated carbocycles. The number of nitrogens with zero attached hydrogens (tertiary/aromatic N) is 1. The van der Waals surface area contributed by atoms with Crippen molar-refractivity contribution >= 4 is 0 Å². The van der Waals surface area contributed by atoms with Crippen molar-refractivity contribution in [2.45, 2.75) is 65.6 Å². The Balaban J connectivity index is 3.10. The van der Waals surface area contributed by atoms with E-state index in [4.69, 9.17) is 5.73 Å². The van der Waals surface area contributed by atoms with E-state index < -0.39 is 0 Å². The molecular formula is C18H32N2. The summed E-state index contributed by atoms with van der Waals surface area (Å²) in [5, 5.41) is 0. The number of hydrogen-bond donors (Lipinski definition) is 1. The molecule has 2 N–H and O–H groups in total. The van der Waals surface area contributed by atoms with E-state index in [2.05, 4.69) is 69.9 Å². The van der Waals surface area contributed by atoms with Crippen LogP contribution in [0.2, 0.25) is 0 Å². The summed E-state index contributed by atoms with van der Waals surface area (Å²) >= 11 is 0. The Morgan fingerprint density at radius 2 is 1.55 bits per heavy atom. The highest BCUT2D eigenvalue weighted by molar-refractivity contribution is 5.21. The van der Waals surface area contributed by atoms with Crippen molar-refractivity contribution in [2.75, 3.05) is 6.54 Å². The molecule has 2 nitrogen and oxygen atoms in total. The van der Waals surface area contributed by atoms with E-state index in [0.29, 0.717) is 18.0 Å². The molecule has 0 aliphatic carbocycles. The Morgan fingerprint density at radius 1 is 1.00 bits per heavy atom. The maximum Gasteiger partial charge on any atom is 0.0499 e.